The number of carbonyl (C=O) groups is 2. The zero-order valence-electron chi connectivity index (χ0n) is 18.5. The predicted molar refractivity (Wildman–Crippen MR) is 123 cm³/mol. The molecule has 4 aromatic rings. The lowest BCUT2D eigenvalue weighted by Gasteiger charge is -2.18. The van der Waals surface area contributed by atoms with Gasteiger partial charge in [-0.2, -0.15) is 0 Å². The van der Waals surface area contributed by atoms with Gasteiger partial charge in [0.05, 0.1) is 17.1 Å². The van der Waals surface area contributed by atoms with Gasteiger partial charge in [-0.25, -0.2) is 26.9 Å². The topological polar surface area (TPSA) is 80.3 Å². The molecule has 0 atom stereocenters. The molecule has 11 heteroatoms. The first kappa shape index (κ1) is 23.9. The van der Waals surface area contributed by atoms with E-state index in [2.05, 4.69) is 15.6 Å². The summed E-state index contributed by atoms with van der Waals surface area (Å²) < 4.78 is 73.3. The van der Waals surface area contributed by atoms with Crippen molar-refractivity contribution in [3.63, 3.8) is 0 Å². The second-order valence-electron chi connectivity index (χ2n) is 7.93. The summed E-state index contributed by atoms with van der Waals surface area (Å²) in [4.78, 5) is 28.5. The van der Waals surface area contributed by atoms with Crippen molar-refractivity contribution in [3.8, 4) is 28.3 Å². The summed E-state index contributed by atoms with van der Waals surface area (Å²) in [5.41, 5.74) is 1.48. The Morgan fingerprint density at radius 1 is 0.811 bits per heavy atom. The molecule has 0 radical (unpaired) electrons. The maximum absolute atomic E-state index is 13.9. The summed E-state index contributed by atoms with van der Waals surface area (Å²) in [5.74, 6) is -12.4. The summed E-state index contributed by atoms with van der Waals surface area (Å²) in [6.07, 6.45) is 0. The number of aromatic nitrogens is 1. The molecule has 0 unspecified atom stereocenters. The first-order valence-corrected chi connectivity index (χ1v) is 10.7. The molecule has 5 rings (SSSR count). The van der Waals surface area contributed by atoms with Crippen LogP contribution in [-0.4, -0.2) is 23.4 Å². The monoisotopic (exact) mass is 511 g/mol. The summed E-state index contributed by atoms with van der Waals surface area (Å²) >= 11 is 0. The van der Waals surface area contributed by atoms with Gasteiger partial charge in [-0.1, -0.05) is 18.2 Å². The minimum Gasteiger partial charge on any atom is -0.482 e. The van der Waals surface area contributed by atoms with Crippen LogP contribution in [0.4, 0.5) is 33.3 Å². The summed E-state index contributed by atoms with van der Waals surface area (Å²) in [6.45, 7) is -0.0575. The van der Waals surface area contributed by atoms with Gasteiger partial charge in [0.15, 0.2) is 29.9 Å². The number of carbonyl (C=O) groups excluding carboxylic acids is 2. The van der Waals surface area contributed by atoms with Crippen LogP contribution in [0.15, 0.2) is 60.7 Å². The van der Waals surface area contributed by atoms with Crippen LogP contribution in [-0.2, 0) is 4.79 Å². The third-order valence-electron chi connectivity index (χ3n) is 5.53. The maximum Gasteiger partial charge on any atom is 0.262 e. The van der Waals surface area contributed by atoms with Crippen molar-refractivity contribution in [3.05, 3.63) is 95.3 Å². The Labute approximate surface area is 205 Å². The van der Waals surface area contributed by atoms with Crippen molar-refractivity contribution in [2.45, 2.75) is 0 Å². The van der Waals surface area contributed by atoms with E-state index in [-0.39, 0.29) is 18.2 Å². The normalized spacial score (nSPS) is 12.4. The Morgan fingerprint density at radius 2 is 1.41 bits per heavy atom. The largest absolute Gasteiger partial charge is 0.482 e. The number of benzene rings is 3. The second kappa shape index (κ2) is 9.34. The van der Waals surface area contributed by atoms with Crippen LogP contribution in [0, 0.1) is 29.1 Å². The van der Waals surface area contributed by atoms with E-state index in [0.29, 0.717) is 28.4 Å². The van der Waals surface area contributed by atoms with Crippen LogP contribution in [0.25, 0.3) is 22.5 Å². The van der Waals surface area contributed by atoms with Crippen molar-refractivity contribution in [1.82, 2.24) is 4.98 Å². The van der Waals surface area contributed by atoms with Gasteiger partial charge < -0.3 is 15.4 Å². The van der Waals surface area contributed by atoms with Crippen LogP contribution in [0.2, 0.25) is 0 Å². The molecular formula is C26H14F5N3O3. The summed E-state index contributed by atoms with van der Waals surface area (Å²) in [5, 5.41) is 4.85. The lowest BCUT2D eigenvalue weighted by atomic mass is 10.1. The van der Waals surface area contributed by atoms with Gasteiger partial charge in [0.2, 0.25) is 5.82 Å². The minimum atomic E-state index is -2.35. The highest BCUT2D eigenvalue weighted by Crippen LogP contribution is 2.33. The SMILES string of the molecule is O=C1COc2ccc(-c3cccc(-c4ccc(NC(=O)c5c(F)c(F)c(F)c(F)c5F)cc4)n3)cc2N1. The number of amides is 2. The van der Waals surface area contributed by atoms with Gasteiger partial charge >= 0.3 is 0 Å². The Morgan fingerprint density at radius 3 is 2.08 bits per heavy atom. The quantitative estimate of drug-likeness (QED) is 0.210. The number of fused-ring (bicyclic) bond motifs is 1. The molecule has 2 amide bonds. The number of hydrogen-bond acceptors (Lipinski definition) is 4. The van der Waals surface area contributed by atoms with Crippen LogP contribution >= 0.6 is 0 Å². The highest BCUT2D eigenvalue weighted by atomic mass is 19.2. The van der Waals surface area contributed by atoms with Gasteiger partial charge in [0, 0.05) is 16.8 Å². The average Bonchev–Trinajstić information content (AvgIpc) is 2.91. The van der Waals surface area contributed by atoms with Crippen molar-refractivity contribution >= 4 is 23.2 Å². The molecule has 1 aliphatic rings. The molecule has 3 aromatic carbocycles. The van der Waals surface area contributed by atoms with E-state index in [1.54, 1.807) is 48.5 Å². The molecule has 2 heterocycles. The molecule has 1 aliphatic heterocycles. The molecule has 6 nitrogen and oxygen atoms in total. The Bertz CT molecular complexity index is 1550. The molecule has 0 saturated heterocycles. The third-order valence-corrected chi connectivity index (χ3v) is 5.53. The molecule has 186 valence electrons. The van der Waals surface area contributed by atoms with Gasteiger partial charge in [0.1, 0.15) is 11.3 Å². The van der Waals surface area contributed by atoms with E-state index in [1.165, 1.54) is 12.1 Å². The predicted octanol–water partition coefficient (Wildman–Crippen LogP) is 5.69. The van der Waals surface area contributed by atoms with Crippen molar-refractivity contribution in [2.24, 2.45) is 0 Å². The van der Waals surface area contributed by atoms with Gasteiger partial charge in [-0.3, -0.25) is 9.59 Å². The fourth-order valence-electron chi connectivity index (χ4n) is 3.72. The molecule has 37 heavy (non-hydrogen) atoms. The molecule has 0 fully saturated rings. The van der Waals surface area contributed by atoms with Crippen molar-refractivity contribution < 1.29 is 36.3 Å². The fourth-order valence-corrected chi connectivity index (χ4v) is 3.72. The van der Waals surface area contributed by atoms with E-state index in [9.17, 15) is 31.5 Å². The van der Waals surface area contributed by atoms with Crippen LogP contribution < -0.4 is 15.4 Å². The van der Waals surface area contributed by atoms with Crippen molar-refractivity contribution in [2.75, 3.05) is 17.2 Å². The second-order valence-corrected chi connectivity index (χ2v) is 7.93. The number of nitrogens with zero attached hydrogens (tertiary/aromatic N) is 1. The maximum atomic E-state index is 13.9. The zero-order valence-corrected chi connectivity index (χ0v) is 18.5. The molecule has 0 bridgehead atoms. The van der Waals surface area contributed by atoms with E-state index in [0.717, 1.165) is 5.56 Å². The van der Waals surface area contributed by atoms with Crippen molar-refractivity contribution in [1.29, 1.82) is 0 Å². The number of anilines is 2. The molecule has 2 N–H and O–H groups in total. The highest BCUT2D eigenvalue weighted by molar-refractivity contribution is 6.04. The number of ether oxygens (including phenoxy) is 1. The Hall–Kier alpha value is -4.80. The van der Waals surface area contributed by atoms with Gasteiger partial charge in [-0.15, -0.1) is 0 Å². The number of hydrogen-bond donors (Lipinski definition) is 2. The zero-order chi connectivity index (χ0) is 26.3. The van der Waals surface area contributed by atoms with Crippen LogP contribution in [0.1, 0.15) is 10.4 Å². The first-order valence-electron chi connectivity index (χ1n) is 10.7. The number of rotatable bonds is 4. The molecule has 1 aromatic heterocycles. The fraction of sp³-hybridized carbons (Fsp3) is 0.0385. The number of halogens is 5. The van der Waals surface area contributed by atoms with Gasteiger partial charge in [0.25, 0.3) is 11.8 Å². The van der Waals surface area contributed by atoms with E-state index in [4.69, 9.17) is 4.74 Å². The molecule has 0 saturated carbocycles. The number of nitrogens with one attached hydrogen (secondary N) is 2. The van der Waals surface area contributed by atoms with E-state index < -0.39 is 40.6 Å². The van der Waals surface area contributed by atoms with E-state index in [1.807, 2.05) is 0 Å². The lowest BCUT2D eigenvalue weighted by Crippen LogP contribution is -2.25. The smallest absolute Gasteiger partial charge is 0.262 e. The standard InChI is InChI=1S/C26H14F5N3O3/c27-21-20(22(28)24(30)25(31)23(21)29)26(36)32-14-7-4-12(5-8-14)15-2-1-3-16(33-15)13-6-9-18-17(10-13)34-19(35)11-37-18/h1-10H,11H2,(H,32,36)(H,34,35). The lowest BCUT2D eigenvalue weighted by molar-refractivity contribution is -0.118. The number of pyridine rings is 1. The Balaban J connectivity index is 1.37. The summed E-state index contributed by atoms with van der Waals surface area (Å²) in [7, 11) is 0. The minimum absolute atomic E-state index is 0.0549. The Kier molecular flexibility index (Phi) is 6.04. The van der Waals surface area contributed by atoms with Crippen LogP contribution in [0.3, 0.4) is 0 Å². The highest BCUT2D eigenvalue weighted by Gasteiger charge is 2.29. The summed E-state index contributed by atoms with van der Waals surface area (Å²) in [6, 6.07) is 16.4. The van der Waals surface area contributed by atoms with Gasteiger partial charge in [-0.05, 0) is 42.5 Å². The van der Waals surface area contributed by atoms with E-state index >= 15 is 0 Å². The van der Waals surface area contributed by atoms with Crippen LogP contribution in [0.5, 0.6) is 5.75 Å². The average molecular weight is 511 g/mol. The first-order chi connectivity index (χ1) is 17.7. The molecule has 0 spiro atoms. The molecular weight excluding hydrogens is 497 g/mol. The third kappa shape index (κ3) is 4.46. The molecule has 0 aliphatic carbocycles.